The highest BCUT2D eigenvalue weighted by atomic mass is 16.3. The maximum Gasteiger partial charge on any atom is 0.120 e. The topological polar surface area (TPSA) is 25.2 Å². The van der Waals surface area contributed by atoms with Crippen molar-refractivity contribution in [3.8, 4) is 0 Å². The van der Waals surface area contributed by atoms with Gasteiger partial charge in [-0.3, -0.25) is 0 Å². The lowest BCUT2D eigenvalue weighted by Gasteiger charge is -2.31. The van der Waals surface area contributed by atoms with Crippen molar-refractivity contribution in [2.45, 2.75) is 57.0 Å². The summed E-state index contributed by atoms with van der Waals surface area (Å²) in [6.07, 6.45) is 7.94. The normalized spacial score (nSPS) is 23.9. The van der Waals surface area contributed by atoms with Gasteiger partial charge in [-0.05, 0) is 55.7 Å². The van der Waals surface area contributed by atoms with Crippen LogP contribution in [-0.2, 0) is 0 Å². The van der Waals surface area contributed by atoms with Crippen LogP contribution in [0.3, 0.4) is 0 Å². The second-order valence-corrected chi connectivity index (χ2v) is 6.10. The van der Waals surface area contributed by atoms with Gasteiger partial charge in [0.25, 0.3) is 0 Å². The van der Waals surface area contributed by atoms with Crippen molar-refractivity contribution in [2.24, 2.45) is 0 Å². The lowest BCUT2D eigenvalue weighted by atomic mass is 9.81. The SMILES string of the molecule is CCC(NC1CCC(c2ccccc2)CC1)c1ccco1. The largest absolute Gasteiger partial charge is 0.468 e. The Hall–Kier alpha value is -1.54. The molecule has 2 nitrogen and oxygen atoms in total. The molecule has 0 saturated heterocycles. The Kier molecular flexibility index (Phi) is 4.76. The van der Waals surface area contributed by atoms with Crippen LogP contribution in [0.2, 0.25) is 0 Å². The smallest absolute Gasteiger partial charge is 0.120 e. The Morgan fingerprint density at radius 2 is 1.81 bits per heavy atom. The second-order valence-electron chi connectivity index (χ2n) is 6.10. The van der Waals surface area contributed by atoms with Crippen molar-refractivity contribution >= 4 is 0 Å². The van der Waals surface area contributed by atoms with Crippen LogP contribution < -0.4 is 5.32 Å². The van der Waals surface area contributed by atoms with Gasteiger partial charge in [0.05, 0.1) is 12.3 Å². The van der Waals surface area contributed by atoms with E-state index in [1.165, 1.54) is 31.2 Å². The first kappa shape index (κ1) is 14.4. The van der Waals surface area contributed by atoms with Gasteiger partial charge in [0, 0.05) is 6.04 Å². The zero-order chi connectivity index (χ0) is 14.5. The van der Waals surface area contributed by atoms with Crippen LogP contribution in [0.5, 0.6) is 0 Å². The summed E-state index contributed by atoms with van der Waals surface area (Å²) in [7, 11) is 0. The van der Waals surface area contributed by atoms with E-state index < -0.39 is 0 Å². The fourth-order valence-electron chi connectivity index (χ4n) is 3.49. The van der Waals surface area contributed by atoms with Gasteiger partial charge in [0.15, 0.2) is 0 Å². The first-order chi connectivity index (χ1) is 10.4. The average Bonchev–Trinajstić information content (AvgIpc) is 3.08. The van der Waals surface area contributed by atoms with Crippen molar-refractivity contribution < 1.29 is 4.42 Å². The number of rotatable bonds is 5. The fourth-order valence-corrected chi connectivity index (χ4v) is 3.49. The zero-order valence-electron chi connectivity index (χ0n) is 12.8. The molecule has 112 valence electrons. The highest BCUT2D eigenvalue weighted by molar-refractivity contribution is 5.20. The molecule has 1 heterocycles. The molecule has 1 aliphatic rings. The summed E-state index contributed by atoms with van der Waals surface area (Å²) in [4.78, 5) is 0. The second kappa shape index (κ2) is 6.95. The highest BCUT2D eigenvalue weighted by Crippen LogP contribution is 2.33. The predicted octanol–water partition coefficient (Wildman–Crippen LogP) is 5.05. The molecule has 3 rings (SSSR count). The minimum Gasteiger partial charge on any atom is -0.468 e. The number of nitrogens with one attached hydrogen (secondary N) is 1. The molecule has 0 aliphatic heterocycles. The van der Waals surface area contributed by atoms with Gasteiger partial charge in [0.2, 0.25) is 0 Å². The predicted molar refractivity (Wildman–Crippen MR) is 86.3 cm³/mol. The maximum atomic E-state index is 5.56. The van der Waals surface area contributed by atoms with Crippen molar-refractivity contribution in [2.75, 3.05) is 0 Å². The summed E-state index contributed by atoms with van der Waals surface area (Å²) in [6, 6.07) is 16.0. The van der Waals surface area contributed by atoms with E-state index in [-0.39, 0.29) is 0 Å². The monoisotopic (exact) mass is 283 g/mol. The van der Waals surface area contributed by atoms with Gasteiger partial charge in [0.1, 0.15) is 5.76 Å². The Balaban J connectivity index is 1.54. The number of hydrogen-bond acceptors (Lipinski definition) is 2. The summed E-state index contributed by atoms with van der Waals surface area (Å²) in [6.45, 7) is 2.22. The first-order valence-corrected chi connectivity index (χ1v) is 8.21. The molecule has 1 aromatic carbocycles. The molecule has 1 aliphatic carbocycles. The van der Waals surface area contributed by atoms with Gasteiger partial charge in [-0.2, -0.15) is 0 Å². The minimum atomic E-state index is 0.360. The van der Waals surface area contributed by atoms with E-state index in [1.54, 1.807) is 6.26 Å². The Morgan fingerprint density at radius 1 is 1.05 bits per heavy atom. The molecule has 1 aromatic heterocycles. The molecule has 21 heavy (non-hydrogen) atoms. The number of benzene rings is 1. The van der Waals surface area contributed by atoms with E-state index in [0.717, 1.165) is 18.1 Å². The van der Waals surface area contributed by atoms with Crippen LogP contribution in [0.25, 0.3) is 0 Å². The third-order valence-electron chi connectivity index (χ3n) is 4.73. The molecule has 1 fully saturated rings. The van der Waals surface area contributed by atoms with Gasteiger partial charge in [-0.25, -0.2) is 0 Å². The van der Waals surface area contributed by atoms with Gasteiger partial charge < -0.3 is 9.73 Å². The Labute approximate surface area is 127 Å². The molecule has 0 bridgehead atoms. The molecule has 1 saturated carbocycles. The Morgan fingerprint density at radius 3 is 2.43 bits per heavy atom. The Bertz CT molecular complexity index is 512. The lowest BCUT2D eigenvalue weighted by molar-refractivity contribution is 0.292. The van der Waals surface area contributed by atoms with E-state index in [0.29, 0.717) is 12.1 Å². The third kappa shape index (κ3) is 3.56. The summed E-state index contributed by atoms with van der Waals surface area (Å²) < 4.78 is 5.56. The molecule has 1 unspecified atom stereocenters. The van der Waals surface area contributed by atoms with E-state index in [4.69, 9.17) is 4.42 Å². The summed E-state index contributed by atoms with van der Waals surface area (Å²) in [5, 5.41) is 3.79. The third-order valence-corrected chi connectivity index (χ3v) is 4.73. The zero-order valence-corrected chi connectivity index (χ0v) is 12.8. The van der Waals surface area contributed by atoms with Crippen LogP contribution in [0, 0.1) is 0 Å². The van der Waals surface area contributed by atoms with Crippen molar-refractivity contribution in [1.29, 1.82) is 0 Å². The van der Waals surface area contributed by atoms with E-state index in [9.17, 15) is 0 Å². The fraction of sp³-hybridized carbons (Fsp3) is 0.474. The van der Waals surface area contributed by atoms with Crippen molar-refractivity contribution in [3.05, 3.63) is 60.1 Å². The van der Waals surface area contributed by atoms with Crippen molar-refractivity contribution in [1.82, 2.24) is 5.32 Å². The summed E-state index contributed by atoms with van der Waals surface area (Å²) >= 11 is 0. The molecular weight excluding hydrogens is 258 g/mol. The van der Waals surface area contributed by atoms with Gasteiger partial charge in [-0.15, -0.1) is 0 Å². The molecular formula is C19H25NO. The molecule has 2 heteroatoms. The van der Waals surface area contributed by atoms with Crippen LogP contribution >= 0.6 is 0 Å². The van der Waals surface area contributed by atoms with Crippen LogP contribution in [0.15, 0.2) is 53.1 Å². The summed E-state index contributed by atoms with van der Waals surface area (Å²) in [5.41, 5.74) is 1.51. The maximum absolute atomic E-state index is 5.56. The van der Waals surface area contributed by atoms with Crippen LogP contribution in [0.1, 0.15) is 62.3 Å². The molecule has 0 radical (unpaired) electrons. The van der Waals surface area contributed by atoms with Crippen LogP contribution in [0.4, 0.5) is 0 Å². The number of hydrogen-bond donors (Lipinski definition) is 1. The molecule has 1 atom stereocenters. The highest BCUT2D eigenvalue weighted by Gasteiger charge is 2.24. The summed E-state index contributed by atoms with van der Waals surface area (Å²) in [5.74, 6) is 1.82. The quantitative estimate of drug-likeness (QED) is 0.831. The average molecular weight is 283 g/mol. The standard InChI is InChI=1S/C19H25NO/c1-2-18(19-9-6-14-21-19)20-17-12-10-16(11-13-17)15-7-4-3-5-8-15/h3-9,14,16-18,20H,2,10-13H2,1H3. The van der Waals surface area contributed by atoms with E-state index in [1.807, 2.05) is 6.07 Å². The first-order valence-electron chi connectivity index (χ1n) is 8.21. The van der Waals surface area contributed by atoms with E-state index >= 15 is 0 Å². The molecule has 2 aromatic rings. The van der Waals surface area contributed by atoms with E-state index in [2.05, 4.69) is 48.6 Å². The van der Waals surface area contributed by atoms with Gasteiger partial charge in [-0.1, -0.05) is 37.3 Å². The molecule has 0 amide bonds. The lowest BCUT2D eigenvalue weighted by Crippen LogP contribution is -2.35. The minimum absolute atomic E-state index is 0.360. The van der Waals surface area contributed by atoms with Crippen molar-refractivity contribution in [3.63, 3.8) is 0 Å². The number of furan rings is 1. The van der Waals surface area contributed by atoms with Gasteiger partial charge >= 0.3 is 0 Å². The van der Waals surface area contributed by atoms with Crippen LogP contribution in [-0.4, -0.2) is 6.04 Å². The molecule has 0 spiro atoms. The molecule has 1 N–H and O–H groups in total.